The van der Waals surface area contributed by atoms with E-state index in [4.69, 9.17) is 15.3 Å². The lowest BCUT2D eigenvalue weighted by molar-refractivity contribution is -0.325. The van der Waals surface area contributed by atoms with E-state index in [0.717, 1.165) is 29.8 Å². The van der Waals surface area contributed by atoms with Crippen molar-refractivity contribution in [1.82, 2.24) is 9.78 Å². The Morgan fingerprint density at radius 1 is 1.33 bits per heavy atom. The summed E-state index contributed by atoms with van der Waals surface area (Å²) in [6.45, 7) is 1.01. The first-order chi connectivity index (χ1) is 11.3. The molecule has 1 saturated carbocycles. The second-order valence-electron chi connectivity index (χ2n) is 5.95. The van der Waals surface area contributed by atoms with Gasteiger partial charge in [-0.25, -0.2) is 9.48 Å². The van der Waals surface area contributed by atoms with Crippen LogP contribution in [-0.4, -0.2) is 43.8 Å². The SMILES string of the molecule is Cc1ccc(-n2nc(C3CC3)cc2NC(=O)OCC(O)(O)O)cc1. The van der Waals surface area contributed by atoms with Crippen LogP contribution in [0.15, 0.2) is 30.3 Å². The van der Waals surface area contributed by atoms with Gasteiger partial charge in [-0.2, -0.15) is 5.10 Å². The van der Waals surface area contributed by atoms with E-state index in [1.54, 1.807) is 10.7 Å². The number of carbonyl (C=O) groups excluding carboxylic acids is 1. The Bertz CT molecular complexity index is 729. The summed E-state index contributed by atoms with van der Waals surface area (Å²) in [7, 11) is 0. The molecular weight excluding hydrogens is 314 g/mol. The van der Waals surface area contributed by atoms with Crippen molar-refractivity contribution in [3.63, 3.8) is 0 Å². The molecule has 128 valence electrons. The highest BCUT2D eigenvalue weighted by atomic mass is 16.7. The normalized spacial score (nSPS) is 14.5. The molecular formula is C16H19N3O5. The second kappa shape index (κ2) is 6.23. The van der Waals surface area contributed by atoms with Crippen molar-refractivity contribution >= 4 is 11.9 Å². The molecule has 1 aliphatic rings. The average Bonchev–Trinajstić information content (AvgIpc) is 3.28. The summed E-state index contributed by atoms with van der Waals surface area (Å²) in [5.41, 5.74) is 2.77. The standard InChI is InChI=1S/C16H19N3O5/c1-10-2-6-12(7-3-10)19-14(8-13(18-19)11-4-5-11)17-15(20)24-9-16(21,22)23/h2-3,6-8,11,21-23H,4-5,9H2,1H3,(H,17,20). The number of benzene rings is 1. The average molecular weight is 333 g/mol. The number of aryl methyl sites for hydroxylation is 1. The summed E-state index contributed by atoms with van der Waals surface area (Å²) >= 11 is 0. The van der Waals surface area contributed by atoms with Crippen molar-refractivity contribution in [3.05, 3.63) is 41.6 Å². The minimum absolute atomic E-state index is 0.397. The molecule has 8 heteroatoms. The van der Waals surface area contributed by atoms with E-state index < -0.39 is 18.7 Å². The number of amides is 1. The monoisotopic (exact) mass is 333 g/mol. The molecule has 1 fully saturated rings. The summed E-state index contributed by atoms with van der Waals surface area (Å²) in [4.78, 5) is 11.8. The van der Waals surface area contributed by atoms with Crippen LogP contribution in [0.1, 0.15) is 30.0 Å². The lowest BCUT2D eigenvalue weighted by Crippen LogP contribution is -2.35. The molecule has 8 nitrogen and oxygen atoms in total. The summed E-state index contributed by atoms with van der Waals surface area (Å²) in [5, 5.41) is 33.3. The minimum atomic E-state index is -3.06. The van der Waals surface area contributed by atoms with Crippen LogP contribution in [0.2, 0.25) is 0 Å². The van der Waals surface area contributed by atoms with Gasteiger partial charge in [-0.05, 0) is 31.9 Å². The molecule has 0 radical (unpaired) electrons. The Kier molecular flexibility index (Phi) is 4.27. The number of ether oxygens (including phenoxy) is 1. The molecule has 1 heterocycles. The van der Waals surface area contributed by atoms with Crippen molar-refractivity contribution in [2.75, 3.05) is 11.9 Å². The van der Waals surface area contributed by atoms with Gasteiger partial charge in [-0.3, -0.25) is 5.32 Å². The quantitative estimate of drug-likeness (QED) is 0.612. The van der Waals surface area contributed by atoms with Crippen molar-refractivity contribution in [2.24, 2.45) is 0 Å². The number of nitrogens with one attached hydrogen (secondary N) is 1. The first kappa shape index (κ1) is 16.4. The minimum Gasteiger partial charge on any atom is -0.441 e. The number of anilines is 1. The molecule has 1 aromatic heterocycles. The van der Waals surface area contributed by atoms with Gasteiger partial charge >= 0.3 is 12.1 Å². The van der Waals surface area contributed by atoms with Crippen LogP contribution >= 0.6 is 0 Å². The molecule has 0 atom stereocenters. The summed E-state index contributed by atoms with van der Waals surface area (Å²) in [6.07, 6.45) is 1.21. The molecule has 0 saturated heterocycles. The van der Waals surface area contributed by atoms with Crippen LogP contribution < -0.4 is 5.32 Å². The number of carbonyl (C=O) groups is 1. The fourth-order valence-electron chi connectivity index (χ4n) is 2.25. The molecule has 0 aliphatic heterocycles. The van der Waals surface area contributed by atoms with Gasteiger partial charge in [0.25, 0.3) is 0 Å². The zero-order valence-corrected chi connectivity index (χ0v) is 13.1. The largest absolute Gasteiger partial charge is 0.441 e. The molecule has 0 bridgehead atoms. The van der Waals surface area contributed by atoms with Crippen LogP contribution in [0.5, 0.6) is 0 Å². The zero-order chi connectivity index (χ0) is 17.3. The third-order valence-electron chi connectivity index (χ3n) is 3.63. The lowest BCUT2D eigenvalue weighted by Gasteiger charge is -2.14. The maximum atomic E-state index is 11.8. The van der Waals surface area contributed by atoms with E-state index in [0.29, 0.717) is 11.7 Å². The molecule has 0 spiro atoms. The van der Waals surface area contributed by atoms with Gasteiger partial charge in [0.2, 0.25) is 0 Å². The molecule has 4 N–H and O–H groups in total. The Labute approximate surface area is 138 Å². The Hall–Kier alpha value is -2.42. The number of aromatic nitrogens is 2. The van der Waals surface area contributed by atoms with E-state index in [9.17, 15) is 4.79 Å². The second-order valence-corrected chi connectivity index (χ2v) is 5.95. The van der Waals surface area contributed by atoms with Gasteiger partial charge in [0, 0.05) is 12.0 Å². The van der Waals surface area contributed by atoms with Crippen molar-refractivity contribution in [2.45, 2.75) is 31.7 Å². The summed E-state index contributed by atoms with van der Waals surface area (Å²) in [6, 6.07) is 9.41. The number of hydrogen-bond acceptors (Lipinski definition) is 6. The molecule has 24 heavy (non-hydrogen) atoms. The van der Waals surface area contributed by atoms with Crippen LogP contribution in [-0.2, 0) is 4.74 Å². The van der Waals surface area contributed by atoms with Crippen LogP contribution in [0.25, 0.3) is 5.69 Å². The summed E-state index contributed by atoms with van der Waals surface area (Å²) in [5.74, 6) is -2.26. The third kappa shape index (κ3) is 4.10. The topological polar surface area (TPSA) is 117 Å². The smallest absolute Gasteiger partial charge is 0.413 e. The maximum absolute atomic E-state index is 11.8. The first-order valence-electron chi connectivity index (χ1n) is 7.60. The van der Waals surface area contributed by atoms with E-state index in [-0.39, 0.29) is 0 Å². The number of hydrogen-bond donors (Lipinski definition) is 4. The molecule has 1 amide bonds. The fourth-order valence-corrected chi connectivity index (χ4v) is 2.25. The molecule has 3 rings (SSSR count). The molecule has 1 aliphatic carbocycles. The van der Waals surface area contributed by atoms with E-state index >= 15 is 0 Å². The third-order valence-corrected chi connectivity index (χ3v) is 3.63. The van der Waals surface area contributed by atoms with Gasteiger partial charge in [0.1, 0.15) is 5.82 Å². The number of nitrogens with zero attached hydrogens (tertiary/aromatic N) is 2. The lowest BCUT2D eigenvalue weighted by atomic mass is 10.2. The molecule has 2 aromatic rings. The fraction of sp³-hybridized carbons (Fsp3) is 0.375. The molecule has 1 aromatic carbocycles. The van der Waals surface area contributed by atoms with Crippen LogP contribution in [0.4, 0.5) is 10.6 Å². The number of aliphatic hydroxyl groups is 3. The van der Waals surface area contributed by atoms with E-state index in [1.165, 1.54) is 0 Å². The van der Waals surface area contributed by atoms with Crippen molar-refractivity contribution in [1.29, 1.82) is 0 Å². The Morgan fingerprint density at radius 3 is 2.58 bits per heavy atom. The predicted molar refractivity (Wildman–Crippen MR) is 84.6 cm³/mol. The highest BCUT2D eigenvalue weighted by Crippen LogP contribution is 2.40. The van der Waals surface area contributed by atoms with Gasteiger partial charge in [-0.15, -0.1) is 0 Å². The van der Waals surface area contributed by atoms with Crippen LogP contribution in [0.3, 0.4) is 0 Å². The highest BCUT2D eigenvalue weighted by Gasteiger charge is 2.28. The zero-order valence-electron chi connectivity index (χ0n) is 13.1. The van der Waals surface area contributed by atoms with Gasteiger partial charge in [-0.1, -0.05) is 17.7 Å². The van der Waals surface area contributed by atoms with Gasteiger partial charge in [0.15, 0.2) is 6.61 Å². The Balaban J connectivity index is 1.80. The number of rotatable bonds is 5. The summed E-state index contributed by atoms with van der Waals surface area (Å²) < 4.78 is 6.16. The Morgan fingerprint density at radius 2 is 2.00 bits per heavy atom. The predicted octanol–water partition coefficient (Wildman–Crippen LogP) is 1.24. The maximum Gasteiger partial charge on any atom is 0.413 e. The van der Waals surface area contributed by atoms with Crippen LogP contribution in [0, 0.1) is 6.92 Å². The highest BCUT2D eigenvalue weighted by molar-refractivity contribution is 5.84. The molecule has 0 unspecified atom stereocenters. The van der Waals surface area contributed by atoms with Crippen molar-refractivity contribution in [3.8, 4) is 5.69 Å². The van der Waals surface area contributed by atoms with E-state index in [2.05, 4.69) is 15.2 Å². The van der Waals surface area contributed by atoms with Gasteiger partial charge in [0.05, 0.1) is 11.4 Å². The first-order valence-corrected chi connectivity index (χ1v) is 7.60. The van der Waals surface area contributed by atoms with Gasteiger partial charge < -0.3 is 20.1 Å². The van der Waals surface area contributed by atoms with Crippen molar-refractivity contribution < 1.29 is 24.9 Å². The van der Waals surface area contributed by atoms with E-state index in [1.807, 2.05) is 31.2 Å².